The summed E-state index contributed by atoms with van der Waals surface area (Å²) in [5.74, 6) is 1.34. The number of unbranched alkanes of at least 4 members (excludes halogenated alkanes) is 1. The van der Waals surface area contributed by atoms with Gasteiger partial charge in [-0.25, -0.2) is 0 Å². The minimum absolute atomic E-state index is 0.525. The lowest BCUT2D eigenvalue weighted by Crippen LogP contribution is -2.32. The summed E-state index contributed by atoms with van der Waals surface area (Å²) in [6, 6.07) is 10.3. The highest BCUT2D eigenvalue weighted by atomic mass is 15.2. The predicted octanol–water partition coefficient (Wildman–Crippen LogP) is 3.68. The second-order valence-corrected chi connectivity index (χ2v) is 4.50. The van der Waals surface area contributed by atoms with Gasteiger partial charge in [-0.05, 0) is 31.4 Å². The molecular formula is C14H20N2. The van der Waals surface area contributed by atoms with Gasteiger partial charge in [0.05, 0.1) is 0 Å². The van der Waals surface area contributed by atoms with Crippen LogP contribution in [0.5, 0.6) is 0 Å². The van der Waals surface area contributed by atoms with Crippen molar-refractivity contribution in [2.75, 3.05) is 11.4 Å². The first-order valence-corrected chi connectivity index (χ1v) is 6.24. The van der Waals surface area contributed by atoms with Crippen molar-refractivity contribution in [1.29, 1.82) is 5.41 Å². The molecule has 1 aromatic carbocycles. The number of benzene rings is 1. The summed E-state index contributed by atoms with van der Waals surface area (Å²) >= 11 is 0. The molecule has 2 nitrogen and oxygen atoms in total. The third-order valence-electron chi connectivity index (χ3n) is 3.06. The molecule has 1 saturated carbocycles. The fourth-order valence-corrected chi connectivity index (χ4v) is 1.89. The molecule has 0 radical (unpaired) electrons. The number of nitrogens with zero attached hydrogens (tertiary/aromatic N) is 1. The molecule has 0 spiro atoms. The largest absolute Gasteiger partial charge is 0.330 e. The Hall–Kier alpha value is -1.31. The van der Waals surface area contributed by atoms with Crippen molar-refractivity contribution in [2.24, 2.45) is 5.92 Å². The summed E-state index contributed by atoms with van der Waals surface area (Å²) in [5, 5.41) is 8.20. The van der Waals surface area contributed by atoms with Gasteiger partial charge in [-0.1, -0.05) is 31.5 Å². The van der Waals surface area contributed by atoms with Crippen molar-refractivity contribution in [3.8, 4) is 0 Å². The Bertz CT molecular complexity index is 341. The molecule has 0 bridgehead atoms. The van der Waals surface area contributed by atoms with Crippen molar-refractivity contribution in [3.05, 3.63) is 30.3 Å². The van der Waals surface area contributed by atoms with Gasteiger partial charge < -0.3 is 4.90 Å². The summed E-state index contributed by atoms with van der Waals surface area (Å²) in [6.45, 7) is 3.18. The van der Waals surface area contributed by atoms with Gasteiger partial charge >= 0.3 is 0 Å². The third-order valence-corrected chi connectivity index (χ3v) is 3.06. The molecule has 86 valence electrons. The highest BCUT2D eigenvalue weighted by Gasteiger charge is 2.30. The molecule has 0 amide bonds. The average Bonchev–Trinajstić information content (AvgIpc) is 3.14. The fraction of sp³-hybridized carbons (Fsp3) is 0.500. The summed E-state index contributed by atoms with van der Waals surface area (Å²) in [5.41, 5.74) is 1.17. The molecule has 0 heterocycles. The summed E-state index contributed by atoms with van der Waals surface area (Å²) in [7, 11) is 0. The Morgan fingerprint density at radius 3 is 2.56 bits per heavy atom. The van der Waals surface area contributed by atoms with Crippen LogP contribution in [-0.2, 0) is 0 Å². The van der Waals surface area contributed by atoms with E-state index in [1.807, 2.05) is 6.07 Å². The number of hydrogen-bond acceptors (Lipinski definition) is 1. The molecule has 1 N–H and O–H groups in total. The highest BCUT2D eigenvalue weighted by Crippen LogP contribution is 2.33. The second kappa shape index (κ2) is 5.15. The van der Waals surface area contributed by atoms with Crippen LogP contribution < -0.4 is 4.90 Å². The van der Waals surface area contributed by atoms with E-state index in [4.69, 9.17) is 5.41 Å². The Morgan fingerprint density at radius 1 is 1.31 bits per heavy atom. The van der Waals surface area contributed by atoms with Gasteiger partial charge in [-0.15, -0.1) is 0 Å². The molecular weight excluding hydrogens is 196 g/mol. The molecule has 1 aliphatic carbocycles. The third kappa shape index (κ3) is 2.63. The molecule has 1 fully saturated rings. The lowest BCUT2D eigenvalue weighted by Gasteiger charge is -2.25. The van der Waals surface area contributed by atoms with Crippen LogP contribution >= 0.6 is 0 Å². The van der Waals surface area contributed by atoms with Crippen molar-refractivity contribution in [3.63, 3.8) is 0 Å². The van der Waals surface area contributed by atoms with Gasteiger partial charge in [0.2, 0.25) is 0 Å². The zero-order valence-corrected chi connectivity index (χ0v) is 9.95. The Labute approximate surface area is 97.8 Å². The number of anilines is 1. The predicted molar refractivity (Wildman–Crippen MR) is 69.1 cm³/mol. The zero-order valence-electron chi connectivity index (χ0n) is 9.95. The Balaban J connectivity index is 2.10. The van der Waals surface area contributed by atoms with Crippen LogP contribution in [0.2, 0.25) is 0 Å². The SMILES string of the molecule is CCCCN(C(=N)C1CC1)c1ccccc1. The monoisotopic (exact) mass is 216 g/mol. The summed E-state index contributed by atoms with van der Waals surface area (Å²) < 4.78 is 0. The van der Waals surface area contributed by atoms with E-state index in [2.05, 4.69) is 36.1 Å². The van der Waals surface area contributed by atoms with E-state index >= 15 is 0 Å². The maximum Gasteiger partial charge on any atom is 0.103 e. The van der Waals surface area contributed by atoms with Gasteiger partial charge in [-0.2, -0.15) is 0 Å². The van der Waals surface area contributed by atoms with Crippen molar-refractivity contribution in [2.45, 2.75) is 32.6 Å². The maximum absolute atomic E-state index is 8.20. The van der Waals surface area contributed by atoms with E-state index in [0.717, 1.165) is 18.8 Å². The van der Waals surface area contributed by atoms with Crippen molar-refractivity contribution < 1.29 is 0 Å². The first-order valence-electron chi connectivity index (χ1n) is 6.24. The highest BCUT2D eigenvalue weighted by molar-refractivity contribution is 5.98. The summed E-state index contributed by atoms with van der Waals surface area (Å²) in [4.78, 5) is 2.18. The molecule has 0 aromatic heterocycles. The minimum atomic E-state index is 0.525. The molecule has 2 rings (SSSR count). The van der Waals surface area contributed by atoms with Gasteiger partial charge in [0.25, 0.3) is 0 Å². The summed E-state index contributed by atoms with van der Waals surface area (Å²) in [6.07, 6.45) is 4.74. The zero-order chi connectivity index (χ0) is 11.4. The van der Waals surface area contributed by atoms with E-state index < -0.39 is 0 Å². The molecule has 0 saturated heterocycles. The van der Waals surface area contributed by atoms with E-state index in [0.29, 0.717) is 5.92 Å². The quantitative estimate of drug-likeness (QED) is 0.590. The molecule has 16 heavy (non-hydrogen) atoms. The topological polar surface area (TPSA) is 27.1 Å². The number of nitrogens with one attached hydrogen (secondary N) is 1. The second-order valence-electron chi connectivity index (χ2n) is 4.50. The minimum Gasteiger partial charge on any atom is -0.330 e. The number of para-hydroxylation sites is 1. The average molecular weight is 216 g/mol. The van der Waals surface area contributed by atoms with Crippen LogP contribution in [0, 0.1) is 11.3 Å². The van der Waals surface area contributed by atoms with Crippen molar-refractivity contribution in [1.82, 2.24) is 0 Å². The van der Waals surface area contributed by atoms with Crippen LogP contribution in [0.4, 0.5) is 5.69 Å². The normalized spacial score (nSPS) is 14.8. The fourth-order valence-electron chi connectivity index (χ4n) is 1.89. The molecule has 0 aliphatic heterocycles. The first kappa shape index (κ1) is 11.2. The Kier molecular flexibility index (Phi) is 3.60. The van der Waals surface area contributed by atoms with E-state index in [1.165, 1.54) is 24.9 Å². The molecule has 0 unspecified atom stereocenters. The molecule has 1 aromatic rings. The molecule has 0 atom stereocenters. The van der Waals surface area contributed by atoms with Gasteiger partial charge in [0, 0.05) is 18.2 Å². The van der Waals surface area contributed by atoms with Crippen molar-refractivity contribution >= 4 is 11.5 Å². The lowest BCUT2D eigenvalue weighted by molar-refractivity contribution is 0.784. The van der Waals surface area contributed by atoms with Gasteiger partial charge in [-0.3, -0.25) is 5.41 Å². The van der Waals surface area contributed by atoms with Gasteiger partial charge in [0.15, 0.2) is 0 Å². The van der Waals surface area contributed by atoms with Gasteiger partial charge in [0.1, 0.15) is 5.84 Å². The molecule has 2 heteroatoms. The van der Waals surface area contributed by atoms with Crippen LogP contribution in [0.15, 0.2) is 30.3 Å². The number of rotatable bonds is 5. The first-order chi connectivity index (χ1) is 7.83. The van der Waals surface area contributed by atoms with Crippen LogP contribution in [0.3, 0.4) is 0 Å². The lowest BCUT2D eigenvalue weighted by atomic mass is 10.2. The maximum atomic E-state index is 8.20. The van der Waals surface area contributed by atoms with E-state index in [1.54, 1.807) is 0 Å². The van der Waals surface area contributed by atoms with Crippen LogP contribution in [0.25, 0.3) is 0 Å². The van der Waals surface area contributed by atoms with E-state index in [9.17, 15) is 0 Å². The van der Waals surface area contributed by atoms with Crippen LogP contribution in [0.1, 0.15) is 32.6 Å². The number of amidine groups is 1. The Morgan fingerprint density at radius 2 is 2.00 bits per heavy atom. The van der Waals surface area contributed by atoms with Crippen LogP contribution in [-0.4, -0.2) is 12.4 Å². The number of hydrogen-bond donors (Lipinski definition) is 1. The molecule has 1 aliphatic rings. The smallest absolute Gasteiger partial charge is 0.103 e. The standard InChI is InChI=1S/C14H20N2/c1-2-3-11-16(14(15)12-9-10-12)13-7-5-4-6-8-13/h4-8,12,15H,2-3,9-11H2,1H3. The van der Waals surface area contributed by atoms with E-state index in [-0.39, 0.29) is 0 Å².